The van der Waals surface area contributed by atoms with Crippen molar-refractivity contribution in [3.63, 3.8) is 0 Å². The lowest BCUT2D eigenvalue weighted by molar-refractivity contribution is -0.0918. The summed E-state index contributed by atoms with van der Waals surface area (Å²) in [5, 5.41) is 17.4. The molecule has 5 aliphatic heterocycles. The lowest BCUT2D eigenvalue weighted by atomic mass is 9.72. The lowest BCUT2D eigenvalue weighted by Crippen LogP contribution is -2.47. The van der Waals surface area contributed by atoms with Crippen LogP contribution in [0.1, 0.15) is 86.6 Å². The Labute approximate surface area is 410 Å². The van der Waals surface area contributed by atoms with Gasteiger partial charge in [0.25, 0.3) is 0 Å². The van der Waals surface area contributed by atoms with E-state index in [4.69, 9.17) is 5.73 Å². The molecular formula is C54H57F6N11. The topological polar surface area (TPSA) is 97.7 Å². The van der Waals surface area contributed by atoms with Crippen molar-refractivity contribution < 1.29 is 26.3 Å². The highest BCUT2D eigenvalue weighted by Crippen LogP contribution is 2.48. The van der Waals surface area contributed by atoms with Gasteiger partial charge in [0.1, 0.15) is 29.6 Å². The molecule has 7 aliphatic rings. The average Bonchev–Trinajstić information content (AvgIpc) is 3.98. The summed E-state index contributed by atoms with van der Waals surface area (Å²) in [6, 6.07) is 15.5. The van der Waals surface area contributed by atoms with Crippen molar-refractivity contribution in [3.05, 3.63) is 180 Å². The minimum absolute atomic E-state index is 0.0132. The van der Waals surface area contributed by atoms with Gasteiger partial charge in [0.15, 0.2) is 0 Å². The molecule has 1 saturated heterocycles. The third-order valence-electron chi connectivity index (χ3n) is 15.0. The van der Waals surface area contributed by atoms with E-state index < -0.39 is 23.5 Å². The predicted octanol–water partition coefficient (Wildman–Crippen LogP) is 11.6. The van der Waals surface area contributed by atoms with Crippen LogP contribution in [-0.4, -0.2) is 73.5 Å². The SMILES string of the molecule is C=CC1=CN2C(=C)N(c3cccc(C(/C(N)=N/N=C\CCCC4CN(CC5=CN6C(=C)N(c7cccc(C(c8nncn8C)C8CCC8)c7)C=C6C(C(F)(F)F)=C5)C4)C4CCC4)c3)C=C2C(C(F)(F)F)=C1. The van der Waals surface area contributed by atoms with Gasteiger partial charge in [-0.3, -0.25) is 4.90 Å². The van der Waals surface area contributed by atoms with Crippen LogP contribution in [0.3, 0.4) is 0 Å². The number of hydrogen-bond acceptors (Lipinski definition) is 9. The zero-order valence-electron chi connectivity index (χ0n) is 39.6. The number of benzene rings is 2. The van der Waals surface area contributed by atoms with E-state index in [-0.39, 0.29) is 29.1 Å². The molecule has 2 aromatic carbocycles. The summed E-state index contributed by atoms with van der Waals surface area (Å²) in [4.78, 5) is 8.57. The molecule has 0 amide bonds. The number of fused-ring (bicyclic) bond motifs is 2. The molecule has 71 heavy (non-hydrogen) atoms. The second-order valence-electron chi connectivity index (χ2n) is 19.6. The van der Waals surface area contributed by atoms with E-state index in [1.165, 1.54) is 29.5 Å². The van der Waals surface area contributed by atoms with Crippen molar-refractivity contribution in [2.45, 2.75) is 82.0 Å². The smallest absolute Gasteiger partial charge is 0.385 e. The van der Waals surface area contributed by atoms with Crippen molar-refractivity contribution in [2.24, 2.45) is 40.7 Å². The number of alkyl halides is 6. The summed E-state index contributed by atoms with van der Waals surface area (Å²) in [7, 11) is 1.94. The summed E-state index contributed by atoms with van der Waals surface area (Å²) in [6.45, 7) is 14.0. The zero-order chi connectivity index (χ0) is 49.8. The van der Waals surface area contributed by atoms with Gasteiger partial charge in [-0.15, -0.1) is 15.3 Å². The Bertz CT molecular complexity index is 2860. The van der Waals surface area contributed by atoms with Gasteiger partial charge in [-0.25, -0.2) is 0 Å². The molecule has 2 N–H and O–H groups in total. The summed E-state index contributed by atoms with van der Waals surface area (Å²) in [5.41, 5.74) is 9.46. The Hall–Kier alpha value is -6.88. The molecule has 2 saturated carbocycles. The molecule has 17 heteroatoms. The molecule has 3 fully saturated rings. The lowest BCUT2D eigenvalue weighted by Gasteiger charge is -2.40. The summed E-state index contributed by atoms with van der Waals surface area (Å²) >= 11 is 0. The number of anilines is 2. The fourth-order valence-corrected chi connectivity index (χ4v) is 10.8. The van der Waals surface area contributed by atoms with E-state index >= 15 is 0 Å². The Morgan fingerprint density at radius 3 is 1.99 bits per heavy atom. The fraction of sp³-hybridized carbons (Fsp3) is 0.370. The van der Waals surface area contributed by atoms with E-state index in [1.54, 1.807) is 39.6 Å². The largest absolute Gasteiger partial charge is 0.418 e. The number of hydrogen-bond donors (Lipinski definition) is 1. The third-order valence-corrected chi connectivity index (χ3v) is 15.0. The first-order chi connectivity index (χ1) is 34.0. The number of unbranched alkanes of at least 4 members (excludes halogenated alkanes) is 1. The molecule has 2 unspecified atom stereocenters. The van der Waals surface area contributed by atoms with Gasteiger partial charge >= 0.3 is 12.4 Å². The van der Waals surface area contributed by atoms with Gasteiger partial charge in [0.2, 0.25) is 0 Å². The van der Waals surface area contributed by atoms with Gasteiger partial charge in [-0.05, 0) is 121 Å². The van der Waals surface area contributed by atoms with E-state index in [0.29, 0.717) is 59.1 Å². The van der Waals surface area contributed by atoms with Crippen LogP contribution in [0.2, 0.25) is 0 Å². The highest BCUT2D eigenvalue weighted by Gasteiger charge is 2.45. The standard InChI is InChI=1S/C54H57F6N11/c1-5-36-22-45(53(55,56)57)47-31-68(34(2)70(47)29-36)43-19-10-17-41(24-43)49(39-13-8-14-39)51(61)64-62-21-7-6-12-37-26-67(27-37)28-38-23-46(54(58,59)60)48-32-69(35(3)71(48)30-38)44-20-11-18-42(25-44)50(40-15-9-16-40)52-65-63-33-66(52)4/h5,10-11,17-25,29-33,37,39-40,49-50H,1-3,6-9,12-16,26-28H2,4H3,(H2,61,64)/b62-21-. The summed E-state index contributed by atoms with van der Waals surface area (Å²) in [6.07, 6.45) is 13.3. The molecule has 0 bridgehead atoms. The zero-order valence-corrected chi connectivity index (χ0v) is 39.6. The molecule has 10 rings (SSSR count). The fourth-order valence-electron chi connectivity index (χ4n) is 10.8. The first-order valence-electron chi connectivity index (χ1n) is 24.3. The minimum atomic E-state index is -4.57. The molecule has 370 valence electrons. The van der Waals surface area contributed by atoms with Gasteiger partial charge in [0, 0.05) is 80.9 Å². The molecule has 11 nitrogen and oxygen atoms in total. The molecule has 0 radical (unpaired) electrons. The molecule has 1 aromatic heterocycles. The Morgan fingerprint density at radius 1 is 0.803 bits per heavy atom. The van der Waals surface area contributed by atoms with E-state index in [2.05, 4.69) is 51.1 Å². The van der Waals surface area contributed by atoms with Crippen molar-refractivity contribution in [1.29, 1.82) is 0 Å². The van der Waals surface area contributed by atoms with Crippen LogP contribution in [0.15, 0.2) is 173 Å². The van der Waals surface area contributed by atoms with Gasteiger partial charge in [-0.2, -0.15) is 31.4 Å². The molecule has 3 aromatic rings. The van der Waals surface area contributed by atoms with Crippen LogP contribution in [0, 0.1) is 17.8 Å². The maximum absolute atomic E-state index is 14.7. The number of rotatable bonds is 16. The van der Waals surface area contributed by atoms with Crippen LogP contribution < -0.4 is 15.5 Å². The van der Waals surface area contributed by atoms with Gasteiger partial charge in [0.05, 0.1) is 22.5 Å². The quantitative estimate of drug-likeness (QED) is 0.0498. The van der Waals surface area contributed by atoms with Crippen LogP contribution >= 0.6 is 0 Å². The predicted molar refractivity (Wildman–Crippen MR) is 265 cm³/mol. The van der Waals surface area contributed by atoms with E-state index in [1.807, 2.05) is 54.1 Å². The average molecular weight is 974 g/mol. The van der Waals surface area contributed by atoms with Crippen molar-refractivity contribution in [1.82, 2.24) is 29.5 Å². The number of amidine groups is 1. The normalized spacial score (nSPS) is 21.2. The van der Waals surface area contributed by atoms with E-state index in [0.717, 1.165) is 93.2 Å². The van der Waals surface area contributed by atoms with E-state index in [9.17, 15) is 26.3 Å². The Kier molecular flexibility index (Phi) is 12.8. The molecule has 6 heterocycles. The van der Waals surface area contributed by atoms with Gasteiger partial charge < -0.3 is 29.9 Å². The number of halogens is 6. The van der Waals surface area contributed by atoms with Crippen LogP contribution in [-0.2, 0) is 7.05 Å². The second-order valence-corrected chi connectivity index (χ2v) is 19.6. The number of nitrogens with two attached hydrogens (primary N) is 1. The van der Waals surface area contributed by atoms with Crippen molar-refractivity contribution >= 4 is 23.4 Å². The summed E-state index contributed by atoms with van der Waals surface area (Å²) < 4.78 is 88.5. The number of nitrogens with zero attached hydrogens (tertiary/aromatic N) is 10. The second kappa shape index (κ2) is 19.0. The number of likely N-dealkylation sites (tertiary alicyclic amines) is 1. The summed E-state index contributed by atoms with van der Waals surface area (Å²) in [5.74, 6) is 2.93. The monoisotopic (exact) mass is 973 g/mol. The number of aromatic nitrogens is 3. The molecule has 2 atom stereocenters. The first kappa shape index (κ1) is 47.8. The maximum atomic E-state index is 14.7. The van der Waals surface area contributed by atoms with Crippen molar-refractivity contribution in [2.75, 3.05) is 29.4 Å². The molecular weight excluding hydrogens is 917 g/mol. The maximum Gasteiger partial charge on any atom is 0.418 e. The Morgan fingerprint density at radius 2 is 1.41 bits per heavy atom. The van der Waals surface area contributed by atoms with Crippen molar-refractivity contribution in [3.8, 4) is 0 Å². The minimum Gasteiger partial charge on any atom is -0.385 e. The first-order valence-corrected chi connectivity index (χ1v) is 24.3. The highest BCUT2D eigenvalue weighted by atomic mass is 19.4. The highest BCUT2D eigenvalue weighted by molar-refractivity contribution is 5.88. The third kappa shape index (κ3) is 9.43. The van der Waals surface area contributed by atoms with Gasteiger partial charge in [-0.1, -0.05) is 62.9 Å². The van der Waals surface area contributed by atoms with Crippen LogP contribution in [0.4, 0.5) is 37.7 Å². The molecule has 2 aliphatic carbocycles. The number of allylic oxidation sites excluding steroid dienone is 5. The van der Waals surface area contributed by atoms with Crippen LogP contribution in [0.5, 0.6) is 0 Å². The number of aryl methyl sites for hydroxylation is 1. The Balaban J connectivity index is 0.737. The van der Waals surface area contributed by atoms with Crippen LogP contribution in [0.25, 0.3) is 0 Å². The molecule has 0 spiro atoms.